The van der Waals surface area contributed by atoms with Crippen molar-refractivity contribution in [3.05, 3.63) is 93.8 Å². The third kappa shape index (κ3) is 3.59. The van der Waals surface area contributed by atoms with Crippen LogP contribution in [0.4, 0.5) is 10.1 Å². The number of nitro benzene ring substituents is 1. The molecule has 0 saturated carbocycles. The monoisotopic (exact) mass is 354 g/mol. The Hall–Kier alpha value is -3.55. The summed E-state index contributed by atoms with van der Waals surface area (Å²) >= 11 is 0. The highest BCUT2D eigenvalue weighted by molar-refractivity contribution is 5.95. The van der Waals surface area contributed by atoms with Crippen LogP contribution in [0.5, 0.6) is 0 Å². The van der Waals surface area contributed by atoms with Crippen molar-refractivity contribution in [1.82, 2.24) is 14.9 Å². The van der Waals surface area contributed by atoms with Gasteiger partial charge in [-0.25, -0.2) is 9.37 Å². The molecule has 0 radical (unpaired) electrons. The lowest BCUT2D eigenvalue weighted by Gasteiger charge is -2.19. The Kier molecular flexibility index (Phi) is 4.74. The molecule has 1 N–H and O–H groups in total. The molecule has 2 aromatic carbocycles. The Morgan fingerprint density at radius 3 is 2.62 bits per heavy atom. The average Bonchev–Trinajstić information content (AvgIpc) is 3.06. The van der Waals surface area contributed by atoms with E-state index in [1.54, 1.807) is 36.1 Å². The van der Waals surface area contributed by atoms with Gasteiger partial charge in [0.15, 0.2) is 0 Å². The molecular weight excluding hydrogens is 339 g/mol. The van der Waals surface area contributed by atoms with E-state index in [9.17, 15) is 19.3 Å². The number of imidazole rings is 1. The summed E-state index contributed by atoms with van der Waals surface area (Å²) in [6, 6.07) is 10.5. The topological polar surface area (TPSA) is 90.1 Å². The first-order valence-corrected chi connectivity index (χ1v) is 7.73. The molecule has 1 amide bonds. The molecule has 0 aliphatic rings. The van der Waals surface area contributed by atoms with Gasteiger partial charge < -0.3 is 9.88 Å². The van der Waals surface area contributed by atoms with E-state index in [0.717, 1.165) is 0 Å². The first kappa shape index (κ1) is 17.3. The smallest absolute Gasteiger partial charge is 0.270 e. The van der Waals surface area contributed by atoms with Crippen molar-refractivity contribution in [2.45, 2.75) is 6.04 Å². The Labute approximate surface area is 148 Å². The number of carbonyl (C=O) groups is 1. The summed E-state index contributed by atoms with van der Waals surface area (Å²) in [6.45, 7) is 0. The van der Waals surface area contributed by atoms with Crippen LogP contribution in [-0.2, 0) is 7.05 Å². The van der Waals surface area contributed by atoms with Gasteiger partial charge in [0.05, 0.1) is 4.92 Å². The van der Waals surface area contributed by atoms with Gasteiger partial charge in [-0.05, 0) is 23.8 Å². The fourth-order valence-corrected chi connectivity index (χ4v) is 2.58. The molecule has 0 fully saturated rings. The zero-order chi connectivity index (χ0) is 18.7. The number of nitro groups is 1. The number of aromatic nitrogens is 2. The summed E-state index contributed by atoms with van der Waals surface area (Å²) in [5.41, 5.74) is 0.618. The van der Waals surface area contributed by atoms with Crippen molar-refractivity contribution in [3.8, 4) is 0 Å². The normalized spacial score (nSPS) is 11.8. The Balaban J connectivity index is 1.94. The number of rotatable bonds is 5. The molecule has 8 heteroatoms. The third-order valence-corrected chi connectivity index (χ3v) is 3.91. The maximum absolute atomic E-state index is 13.2. The highest BCUT2D eigenvalue weighted by Crippen LogP contribution is 2.22. The number of aryl methyl sites for hydroxylation is 1. The van der Waals surface area contributed by atoms with E-state index in [1.165, 1.54) is 36.4 Å². The molecule has 0 bridgehead atoms. The summed E-state index contributed by atoms with van der Waals surface area (Å²) in [5.74, 6) is -0.334. The minimum atomic E-state index is -0.637. The van der Waals surface area contributed by atoms with Crippen molar-refractivity contribution in [1.29, 1.82) is 0 Å². The minimum absolute atomic E-state index is 0.153. The Morgan fingerprint density at radius 2 is 2.00 bits per heavy atom. The summed E-state index contributed by atoms with van der Waals surface area (Å²) in [6.07, 6.45) is 3.32. The fraction of sp³-hybridized carbons (Fsp3) is 0.111. The van der Waals surface area contributed by atoms with Crippen LogP contribution in [0.2, 0.25) is 0 Å². The minimum Gasteiger partial charge on any atom is -0.338 e. The van der Waals surface area contributed by atoms with E-state index in [-0.39, 0.29) is 11.3 Å². The van der Waals surface area contributed by atoms with Gasteiger partial charge in [0.2, 0.25) is 0 Å². The van der Waals surface area contributed by atoms with Crippen LogP contribution >= 0.6 is 0 Å². The predicted octanol–water partition coefficient (Wildman–Crippen LogP) is 2.99. The van der Waals surface area contributed by atoms with Crippen LogP contribution in [0.3, 0.4) is 0 Å². The summed E-state index contributed by atoms with van der Waals surface area (Å²) in [5, 5.41) is 13.7. The van der Waals surface area contributed by atoms with Crippen molar-refractivity contribution < 1.29 is 14.1 Å². The molecule has 0 saturated heterocycles. The van der Waals surface area contributed by atoms with Gasteiger partial charge in [-0.3, -0.25) is 14.9 Å². The number of halogens is 1. The van der Waals surface area contributed by atoms with Gasteiger partial charge in [-0.15, -0.1) is 0 Å². The maximum Gasteiger partial charge on any atom is 0.270 e. The zero-order valence-corrected chi connectivity index (χ0v) is 13.8. The number of carbonyl (C=O) groups excluding carboxylic acids is 1. The molecule has 0 spiro atoms. The second-order valence-corrected chi connectivity index (χ2v) is 5.66. The second kappa shape index (κ2) is 7.14. The predicted molar refractivity (Wildman–Crippen MR) is 92.0 cm³/mol. The number of hydrogen-bond acceptors (Lipinski definition) is 4. The van der Waals surface area contributed by atoms with Crippen molar-refractivity contribution in [2.75, 3.05) is 0 Å². The van der Waals surface area contributed by atoms with Gasteiger partial charge >= 0.3 is 0 Å². The van der Waals surface area contributed by atoms with E-state index < -0.39 is 22.7 Å². The number of nitrogens with one attached hydrogen (secondary N) is 1. The first-order valence-electron chi connectivity index (χ1n) is 7.73. The third-order valence-electron chi connectivity index (χ3n) is 3.91. The van der Waals surface area contributed by atoms with Crippen LogP contribution < -0.4 is 5.32 Å². The molecule has 1 heterocycles. The van der Waals surface area contributed by atoms with Crippen LogP contribution in [-0.4, -0.2) is 20.4 Å². The van der Waals surface area contributed by atoms with Gasteiger partial charge in [0, 0.05) is 37.1 Å². The number of benzene rings is 2. The van der Waals surface area contributed by atoms with Crippen molar-refractivity contribution in [3.63, 3.8) is 0 Å². The zero-order valence-electron chi connectivity index (χ0n) is 13.8. The quantitative estimate of drug-likeness (QED) is 0.563. The SMILES string of the molecule is Cn1ccnc1[C@H](NC(=O)c1cccc([N+](=O)[O-])c1)c1ccc(F)cc1. The molecule has 26 heavy (non-hydrogen) atoms. The van der Waals surface area contributed by atoms with Gasteiger partial charge in [0.25, 0.3) is 11.6 Å². The van der Waals surface area contributed by atoms with Crippen LogP contribution in [0.25, 0.3) is 0 Å². The van der Waals surface area contributed by atoms with E-state index in [0.29, 0.717) is 11.4 Å². The average molecular weight is 354 g/mol. The Bertz CT molecular complexity index is 953. The van der Waals surface area contributed by atoms with Gasteiger partial charge in [-0.1, -0.05) is 18.2 Å². The molecule has 7 nitrogen and oxygen atoms in total. The van der Waals surface area contributed by atoms with Crippen molar-refractivity contribution in [2.24, 2.45) is 7.05 Å². The molecule has 0 aliphatic carbocycles. The van der Waals surface area contributed by atoms with Crippen molar-refractivity contribution >= 4 is 11.6 Å². The lowest BCUT2D eigenvalue weighted by atomic mass is 10.0. The number of non-ortho nitro benzene ring substituents is 1. The molecule has 3 rings (SSSR count). The van der Waals surface area contributed by atoms with Gasteiger partial charge in [-0.2, -0.15) is 0 Å². The van der Waals surface area contributed by atoms with E-state index in [4.69, 9.17) is 0 Å². The molecule has 1 aromatic heterocycles. The summed E-state index contributed by atoms with van der Waals surface area (Å²) in [7, 11) is 1.78. The molecule has 0 aliphatic heterocycles. The first-order chi connectivity index (χ1) is 12.5. The fourth-order valence-electron chi connectivity index (χ4n) is 2.58. The lowest BCUT2D eigenvalue weighted by Crippen LogP contribution is -2.31. The van der Waals surface area contributed by atoms with Crippen LogP contribution in [0.15, 0.2) is 60.9 Å². The van der Waals surface area contributed by atoms with Crippen LogP contribution in [0.1, 0.15) is 27.8 Å². The summed E-state index contributed by atoms with van der Waals surface area (Å²) < 4.78 is 15.0. The molecule has 132 valence electrons. The van der Waals surface area contributed by atoms with Gasteiger partial charge in [0.1, 0.15) is 17.7 Å². The number of nitrogens with zero attached hydrogens (tertiary/aromatic N) is 3. The second-order valence-electron chi connectivity index (χ2n) is 5.66. The van der Waals surface area contributed by atoms with Crippen LogP contribution in [0, 0.1) is 15.9 Å². The summed E-state index contributed by atoms with van der Waals surface area (Å²) in [4.78, 5) is 27.2. The molecule has 0 unspecified atom stereocenters. The number of hydrogen-bond donors (Lipinski definition) is 1. The number of amides is 1. The standard InChI is InChI=1S/C18H15FN4O3/c1-22-10-9-20-17(22)16(12-5-7-14(19)8-6-12)21-18(24)13-3-2-4-15(11-13)23(25)26/h2-11,16H,1H3,(H,21,24)/t16-/m1/s1. The van der Waals surface area contributed by atoms with E-state index in [1.807, 2.05) is 0 Å². The maximum atomic E-state index is 13.2. The lowest BCUT2D eigenvalue weighted by molar-refractivity contribution is -0.384. The highest BCUT2D eigenvalue weighted by atomic mass is 19.1. The largest absolute Gasteiger partial charge is 0.338 e. The van der Waals surface area contributed by atoms with E-state index >= 15 is 0 Å². The molecule has 1 atom stereocenters. The molecule has 3 aromatic rings. The van der Waals surface area contributed by atoms with E-state index in [2.05, 4.69) is 10.3 Å². The Morgan fingerprint density at radius 1 is 1.27 bits per heavy atom. The molecular formula is C18H15FN4O3. The highest BCUT2D eigenvalue weighted by Gasteiger charge is 2.22.